The van der Waals surface area contributed by atoms with Crippen molar-refractivity contribution in [1.82, 2.24) is 0 Å². The van der Waals surface area contributed by atoms with Crippen molar-refractivity contribution < 1.29 is 33.0 Å². The Labute approximate surface area is 209 Å². The number of carbonyl (C=O) groups excluding carboxylic acids is 3. The number of ketones is 1. The molecule has 8 heteroatoms. The summed E-state index contributed by atoms with van der Waals surface area (Å²) < 4.78 is 24.0. The van der Waals surface area contributed by atoms with Gasteiger partial charge in [-0.1, -0.05) is 27.7 Å². The molecule has 0 aromatic heterocycles. The Morgan fingerprint density at radius 1 is 1.17 bits per heavy atom. The van der Waals surface area contributed by atoms with E-state index in [9.17, 15) is 14.4 Å². The van der Waals surface area contributed by atoms with Gasteiger partial charge in [0.05, 0.1) is 25.7 Å². The van der Waals surface area contributed by atoms with Crippen molar-refractivity contribution in [3.8, 4) is 0 Å². The van der Waals surface area contributed by atoms with E-state index in [1.807, 2.05) is 6.92 Å². The zero-order valence-corrected chi connectivity index (χ0v) is 23.6. The maximum atomic E-state index is 13.6. The zero-order valence-electron chi connectivity index (χ0n) is 22.6. The lowest BCUT2D eigenvalue weighted by atomic mass is 9.47. The third-order valence-electron chi connectivity index (χ3n) is 9.87. The number of allylic oxidation sites excluding steroid dienone is 2. The van der Waals surface area contributed by atoms with Crippen LogP contribution in [0.15, 0.2) is 23.0 Å². The first-order valence-corrected chi connectivity index (χ1v) is 15.5. The lowest BCUT2D eigenvalue weighted by molar-refractivity contribution is -0.177. The van der Waals surface area contributed by atoms with Gasteiger partial charge in [0.15, 0.2) is 5.78 Å². The number of carbonyl (C=O) groups is 3. The van der Waals surface area contributed by atoms with Crippen LogP contribution in [0.2, 0.25) is 18.1 Å². The number of methoxy groups -OCH3 is 2. The highest BCUT2D eigenvalue weighted by Gasteiger charge is 2.70. The quantitative estimate of drug-likeness (QED) is 0.395. The van der Waals surface area contributed by atoms with E-state index >= 15 is 0 Å². The molecule has 2 fully saturated rings. The predicted octanol–water partition coefficient (Wildman–Crippen LogP) is 4.72. The summed E-state index contributed by atoms with van der Waals surface area (Å²) >= 11 is 0. The normalized spacial score (nSPS) is 36.8. The first-order valence-electron chi connectivity index (χ1n) is 12.6. The van der Waals surface area contributed by atoms with E-state index in [2.05, 4.69) is 40.8 Å². The van der Waals surface area contributed by atoms with Crippen molar-refractivity contribution in [2.24, 2.45) is 23.2 Å². The minimum Gasteiger partial charge on any atom is -0.547 e. The molecule has 4 rings (SSSR count). The molecule has 0 unspecified atom stereocenters. The SMILES string of the molecule is COC(=O)C[C@]1(OC)C(C)=CC(=O)[C@H]2CC(O[Si](C)(C)C(C)(C)C)=C3C[C@@H]4OC(=O)C[C@@H]4[C@H]3[C@]21C. The second-order valence-corrected chi connectivity index (χ2v) is 17.2. The molecule has 4 aliphatic rings. The van der Waals surface area contributed by atoms with Crippen LogP contribution in [0.5, 0.6) is 0 Å². The maximum absolute atomic E-state index is 13.6. The molecule has 0 amide bonds. The third-order valence-corrected chi connectivity index (χ3v) is 14.2. The first-order chi connectivity index (χ1) is 16.1. The van der Waals surface area contributed by atoms with Gasteiger partial charge in [-0.3, -0.25) is 14.4 Å². The summed E-state index contributed by atoms with van der Waals surface area (Å²) in [5.41, 5.74) is 0.0350. The van der Waals surface area contributed by atoms with Crippen LogP contribution in [0.1, 0.15) is 60.3 Å². The molecule has 35 heavy (non-hydrogen) atoms. The Bertz CT molecular complexity index is 1020. The number of hydrogen-bond acceptors (Lipinski definition) is 7. The van der Waals surface area contributed by atoms with Crippen molar-refractivity contribution in [3.63, 3.8) is 0 Å². The molecule has 0 aromatic carbocycles. The summed E-state index contributed by atoms with van der Waals surface area (Å²) in [6.07, 6.45) is 2.74. The minimum absolute atomic E-state index is 0.00297. The second kappa shape index (κ2) is 8.30. The Morgan fingerprint density at radius 2 is 1.83 bits per heavy atom. The van der Waals surface area contributed by atoms with Gasteiger partial charge in [-0.05, 0) is 48.2 Å². The number of ether oxygens (including phenoxy) is 3. The molecule has 3 aliphatic carbocycles. The smallest absolute Gasteiger partial charge is 0.308 e. The van der Waals surface area contributed by atoms with Crippen LogP contribution < -0.4 is 0 Å². The van der Waals surface area contributed by atoms with Crippen LogP contribution in [0, 0.1) is 23.2 Å². The summed E-state index contributed by atoms with van der Waals surface area (Å²) in [5.74, 6) is -0.411. The number of fused-ring (bicyclic) bond motifs is 5. The predicted molar refractivity (Wildman–Crippen MR) is 133 cm³/mol. The lowest BCUT2D eigenvalue weighted by Gasteiger charge is -2.60. The van der Waals surface area contributed by atoms with E-state index in [0.29, 0.717) is 19.3 Å². The monoisotopic (exact) mass is 504 g/mol. The van der Waals surface area contributed by atoms with E-state index in [1.165, 1.54) is 7.11 Å². The average Bonchev–Trinajstić information content (AvgIpc) is 3.28. The molecule has 0 aromatic rings. The Morgan fingerprint density at radius 3 is 2.40 bits per heavy atom. The highest BCUT2D eigenvalue weighted by atomic mass is 28.4. The Hall–Kier alpha value is -1.93. The second-order valence-electron chi connectivity index (χ2n) is 12.4. The number of hydrogen-bond donors (Lipinski definition) is 0. The topological polar surface area (TPSA) is 88.1 Å². The van der Waals surface area contributed by atoms with Crippen molar-refractivity contribution in [3.05, 3.63) is 23.0 Å². The fourth-order valence-electron chi connectivity index (χ4n) is 7.01. The highest BCUT2D eigenvalue weighted by molar-refractivity contribution is 6.74. The van der Waals surface area contributed by atoms with Crippen LogP contribution in [-0.4, -0.2) is 52.0 Å². The van der Waals surface area contributed by atoms with Crippen LogP contribution in [0.25, 0.3) is 0 Å². The van der Waals surface area contributed by atoms with E-state index < -0.39 is 31.2 Å². The summed E-state index contributed by atoms with van der Waals surface area (Å²) in [5, 5.41) is -0.00795. The molecule has 6 atom stereocenters. The van der Waals surface area contributed by atoms with Crippen LogP contribution in [0.3, 0.4) is 0 Å². The zero-order chi connectivity index (χ0) is 26.1. The molecule has 0 radical (unpaired) electrons. The fourth-order valence-corrected chi connectivity index (χ4v) is 8.14. The number of rotatable bonds is 5. The molecule has 7 nitrogen and oxygen atoms in total. The van der Waals surface area contributed by atoms with Crippen LogP contribution in [-0.2, 0) is 33.0 Å². The molecule has 1 saturated heterocycles. The van der Waals surface area contributed by atoms with E-state index in [0.717, 1.165) is 16.9 Å². The largest absolute Gasteiger partial charge is 0.547 e. The van der Waals surface area contributed by atoms with Gasteiger partial charge in [0.25, 0.3) is 0 Å². The summed E-state index contributed by atoms with van der Waals surface area (Å²) in [6.45, 7) is 14.9. The van der Waals surface area contributed by atoms with Gasteiger partial charge in [-0.25, -0.2) is 0 Å². The van der Waals surface area contributed by atoms with Gasteiger partial charge in [0.1, 0.15) is 11.7 Å². The van der Waals surface area contributed by atoms with Crippen LogP contribution in [0.4, 0.5) is 0 Å². The van der Waals surface area contributed by atoms with Crippen molar-refractivity contribution in [2.75, 3.05) is 14.2 Å². The Balaban J connectivity index is 1.93. The van der Waals surface area contributed by atoms with Gasteiger partial charge in [-0.2, -0.15) is 0 Å². The van der Waals surface area contributed by atoms with E-state index in [-0.39, 0.29) is 41.2 Å². The maximum Gasteiger partial charge on any atom is 0.308 e. The van der Waals surface area contributed by atoms with Gasteiger partial charge in [0.2, 0.25) is 8.32 Å². The van der Waals surface area contributed by atoms with Crippen LogP contribution >= 0.6 is 0 Å². The minimum atomic E-state index is -2.19. The molecule has 1 heterocycles. The molecule has 1 saturated carbocycles. The van der Waals surface area contributed by atoms with E-state index in [1.54, 1.807) is 13.2 Å². The molecule has 0 spiro atoms. The molecular weight excluding hydrogens is 464 g/mol. The number of esters is 2. The highest BCUT2D eigenvalue weighted by Crippen LogP contribution is 2.67. The van der Waals surface area contributed by atoms with Crippen molar-refractivity contribution in [2.45, 2.75) is 90.1 Å². The standard InChI is InChI=1S/C27H40O7Si/c1-15-10-19(28)18-13-21(34-35(8,9)25(2,3)4)16-11-20-17(12-22(29)33-20)24(16)26(18,5)27(15,32-7)14-23(30)31-6/h10,17-18,20,24H,11-14H2,1-9H3/t17-,18+,20-,24-,26-,27-/m0/s1. The van der Waals surface area contributed by atoms with Crippen molar-refractivity contribution in [1.29, 1.82) is 0 Å². The van der Waals surface area contributed by atoms with Crippen molar-refractivity contribution >= 4 is 26.0 Å². The summed E-state index contributed by atoms with van der Waals surface area (Å²) in [4.78, 5) is 38.7. The molecule has 0 bridgehead atoms. The van der Waals surface area contributed by atoms with Gasteiger partial charge in [0, 0.05) is 37.2 Å². The van der Waals surface area contributed by atoms with Gasteiger partial charge < -0.3 is 18.6 Å². The lowest BCUT2D eigenvalue weighted by Crippen LogP contribution is -2.64. The molecule has 0 N–H and O–H groups in total. The van der Waals surface area contributed by atoms with Gasteiger partial charge >= 0.3 is 11.9 Å². The van der Waals surface area contributed by atoms with E-state index in [4.69, 9.17) is 18.6 Å². The average molecular weight is 505 g/mol. The summed E-state index contributed by atoms with van der Waals surface area (Å²) in [6, 6.07) is 0. The molecule has 194 valence electrons. The Kier molecular flexibility index (Phi) is 6.20. The molecule has 1 aliphatic heterocycles. The first kappa shape index (κ1) is 26.1. The third kappa shape index (κ3) is 3.65. The fraction of sp³-hybridized carbons (Fsp3) is 0.741. The van der Waals surface area contributed by atoms with Gasteiger partial charge in [-0.15, -0.1) is 0 Å². The summed E-state index contributed by atoms with van der Waals surface area (Å²) in [7, 11) is 0.777. The molecular formula is C27H40O7Si.